The van der Waals surface area contributed by atoms with E-state index in [4.69, 9.17) is 0 Å². The molecule has 0 aliphatic heterocycles. The van der Waals surface area contributed by atoms with E-state index in [9.17, 15) is 0 Å². The molecule has 0 fully saturated rings. The van der Waals surface area contributed by atoms with Gasteiger partial charge in [0.25, 0.3) is 0 Å². The van der Waals surface area contributed by atoms with Crippen LogP contribution in [0.4, 0.5) is 5.82 Å². The zero-order chi connectivity index (χ0) is 13.8. The molecule has 0 aliphatic carbocycles. The first kappa shape index (κ1) is 13.1. The number of fused-ring (bicyclic) bond motifs is 1. The second-order valence-electron chi connectivity index (χ2n) is 4.59. The smallest absolute Gasteiger partial charge is 0.126 e. The number of hydrogen-bond acceptors (Lipinski definition) is 3. The Labute approximate surface area is 122 Å². The summed E-state index contributed by atoms with van der Waals surface area (Å²) in [4.78, 5) is 7.73. The minimum absolute atomic E-state index is 0.894. The summed E-state index contributed by atoms with van der Waals surface area (Å²) in [5, 5.41) is 5.70. The quantitative estimate of drug-likeness (QED) is 0.686. The van der Waals surface area contributed by atoms with E-state index in [0.29, 0.717) is 0 Å². The minimum Gasteiger partial charge on any atom is -0.370 e. The SMILES string of the molecule is CCNc1cc(CSc2cc3ccccc3[nH]2)ccn1. The summed E-state index contributed by atoms with van der Waals surface area (Å²) >= 11 is 1.81. The third kappa shape index (κ3) is 2.96. The van der Waals surface area contributed by atoms with Crippen molar-refractivity contribution in [2.45, 2.75) is 17.7 Å². The Kier molecular flexibility index (Phi) is 3.92. The maximum Gasteiger partial charge on any atom is 0.126 e. The van der Waals surface area contributed by atoms with Crippen LogP contribution in [0.1, 0.15) is 12.5 Å². The van der Waals surface area contributed by atoms with Gasteiger partial charge in [0, 0.05) is 29.4 Å². The molecular weight excluding hydrogens is 266 g/mol. The number of H-pyrrole nitrogens is 1. The summed E-state index contributed by atoms with van der Waals surface area (Å²) in [5.74, 6) is 1.88. The molecule has 3 aromatic rings. The van der Waals surface area contributed by atoms with Gasteiger partial charge in [0.05, 0.1) is 5.03 Å². The molecular formula is C16H17N3S. The predicted octanol–water partition coefficient (Wildman–Crippen LogP) is 4.29. The standard InChI is InChI=1S/C16H17N3S/c1-2-17-15-9-12(7-8-18-15)11-20-16-10-13-5-3-4-6-14(13)19-16/h3-10,19H,2,11H2,1H3,(H,17,18). The van der Waals surface area contributed by atoms with E-state index < -0.39 is 0 Å². The number of thioether (sulfide) groups is 1. The fourth-order valence-electron chi connectivity index (χ4n) is 2.13. The highest BCUT2D eigenvalue weighted by molar-refractivity contribution is 7.98. The molecule has 4 heteroatoms. The maximum atomic E-state index is 4.29. The van der Waals surface area contributed by atoms with Gasteiger partial charge in [-0.2, -0.15) is 0 Å². The molecule has 3 nitrogen and oxygen atoms in total. The molecule has 0 aliphatic rings. The number of nitrogens with zero attached hydrogens (tertiary/aromatic N) is 1. The second-order valence-corrected chi connectivity index (χ2v) is 5.61. The van der Waals surface area contributed by atoms with Crippen LogP contribution in [0.25, 0.3) is 10.9 Å². The average Bonchev–Trinajstić information content (AvgIpc) is 2.89. The van der Waals surface area contributed by atoms with E-state index >= 15 is 0 Å². The average molecular weight is 283 g/mol. The predicted molar refractivity (Wildman–Crippen MR) is 86.3 cm³/mol. The Hall–Kier alpha value is -1.94. The number of nitrogens with one attached hydrogen (secondary N) is 2. The van der Waals surface area contributed by atoms with Crippen LogP contribution in [0.3, 0.4) is 0 Å². The molecule has 20 heavy (non-hydrogen) atoms. The van der Waals surface area contributed by atoms with Crippen molar-refractivity contribution in [1.82, 2.24) is 9.97 Å². The van der Waals surface area contributed by atoms with Crippen molar-refractivity contribution < 1.29 is 0 Å². The fourth-order valence-corrected chi connectivity index (χ4v) is 3.02. The molecule has 0 bridgehead atoms. The molecule has 0 saturated heterocycles. The van der Waals surface area contributed by atoms with Crippen LogP contribution >= 0.6 is 11.8 Å². The lowest BCUT2D eigenvalue weighted by atomic mass is 10.3. The molecule has 1 aromatic carbocycles. The Morgan fingerprint density at radius 3 is 2.95 bits per heavy atom. The van der Waals surface area contributed by atoms with Crippen LogP contribution in [0, 0.1) is 0 Å². The largest absolute Gasteiger partial charge is 0.370 e. The molecule has 0 spiro atoms. The van der Waals surface area contributed by atoms with E-state index in [1.807, 2.05) is 18.0 Å². The molecule has 0 saturated carbocycles. The number of pyridine rings is 1. The number of hydrogen-bond donors (Lipinski definition) is 2. The molecule has 2 N–H and O–H groups in total. The number of rotatable bonds is 5. The van der Waals surface area contributed by atoms with E-state index in [2.05, 4.69) is 64.7 Å². The molecule has 102 valence electrons. The van der Waals surface area contributed by atoms with E-state index in [1.54, 1.807) is 0 Å². The van der Waals surface area contributed by atoms with Crippen molar-refractivity contribution in [2.75, 3.05) is 11.9 Å². The van der Waals surface area contributed by atoms with Crippen molar-refractivity contribution in [2.24, 2.45) is 0 Å². The van der Waals surface area contributed by atoms with Crippen LogP contribution < -0.4 is 5.32 Å². The summed E-state index contributed by atoms with van der Waals surface area (Å²) in [5.41, 5.74) is 2.47. The Balaban J connectivity index is 1.71. The van der Waals surface area contributed by atoms with Gasteiger partial charge >= 0.3 is 0 Å². The van der Waals surface area contributed by atoms with Crippen LogP contribution in [0.2, 0.25) is 0 Å². The molecule has 2 heterocycles. The second kappa shape index (κ2) is 6.01. The van der Waals surface area contributed by atoms with Gasteiger partial charge < -0.3 is 10.3 Å². The number of benzene rings is 1. The third-order valence-electron chi connectivity index (χ3n) is 3.08. The van der Waals surface area contributed by atoms with Crippen LogP contribution in [-0.2, 0) is 5.75 Å². The van der Waals surface area contributed by atoms with Gasteiger partial charge in [-0.1, -0.05) is 18.2 Å². The first-order valence-corrected chi connectivity index (χ1v) is 7.73. The lowest BCUT2D eigenvalue weighted by Gasteiger charge is -2.04. The summed E-state index contributed by atoms with van der Waals surface area (Å²) in [6, 6.07) is 14.7. The van der Waals surface area contributed by atoms with Crippen molar-refractivity contribution >= 4 is 28.5 Å². The first-order valence-electron chi connectivity index (χ1n) is 6.74. The molecule has 0 atom stereocenters. The normalized spacial score (nSPS) is 10.8. The zero-order valence-electron chi connectivity index (χ0n) is 11.4. The van der Waals surface area contributed by atoms with E-state index in [0.717, 1.165) is 18.1 Å². The highest BCUT2D eigenvalue weighted by Crippen LogP contribution is 2.26. The van der Waals surface area contributed by atoms with E-state index in [1.165, 1.54) is 21.5 Å². The van der Waals surface area contributed by atoms with Gasteiger partial charge in [-0.25, -0.2) is 4.98 Å². The molecule has 0 unspecified atom stereocenters. The summed E-state index contributed by atoms with van der Waals surface area (Å²) in [6.07, 6.45) is 1.86. The van der Waals surface area contributed by atoms with Gasteiger partial charge in [0.1, 0.15) is 5.82 Å². The molecule has 0 amide bonds. The third-order valence-corrected chi connectivity index (χ3v) is 4.09. The number of aromatic nitrogens is 2. The van der Waals surface area contributed by atoms with Crippen molar-refractivity contribution in [3.05, 3.63) is 54.2 Å². The Morgan fingerprint density at radius 1 is 1.20 bits per heavy atom. The van der Waals surface area contributed by atoms with Gasteiger partial charge in [0.15, 0.2) is 0 Å². The molecule has 2 aromatic heterocycles. The molecule has 3 rings (SSSR count). The lowest BCUT2D eigenvalue weighted by Crippen LogP contribution is -1.99. The van der Waals surface area contributed by atoms with Gasteiger partial charge in [-0.3, -0.25) is 0 Å². The van der Waals surface area contributed by atoms with Crippen molar-refractivity contribution in [3.8, 4) is 0 Å². The lowest BCUT2D eigenvalue weighted by molar-refractivity contribution is 1.15. The van der Waals surface area contributed by atoms with Gasteiger partial charge in [0.2, 0.25) is 0 Å². The summed E-state index contributed by atoms with van der Waals surface area (Å²) in [7, 11) is 0. The highest BCUT2D eigenvalue weighted by Gasteiger charge is 2.02. The summed E-state index contributed by atoms with van der Waals surface area (Å²) < 4.78 is 0. The van der Waals surface area contributed by atoms with Crippen molar-refractivity contribution in [3.63, 3.8) is 0 Å². The monoisotopic (exact) mass is 283 g/mol. The van der Waals surface area contributed by atoms with E-state index in [-0.39, 0.29) is 0 Å². The van der Waals surface area contributed by atoms with Gasteiger partial charge in [-0.15, -0.1) is 11.8 Å². The zero-order valence-corrected chi connectivity index (χ0v) is 12.2. The van der Waals surface area contributed by atoms with Crippen LogP contribution in [-0.4, -0.2) is 16.5 Å². The number of aromatic amines is 1. The van der Waals surface area contributed by atoms with Crippen LogP contribution in [0.15, 0.2) is 53.7 Å². The maximum absolute atomic E-state index is 4.29. The fraction of sp³-hybridized carbons (Fsp3) is 0.188. The summed E-state index contributed by atoms with van der Waals surface area (Å²) in [6.45, 7) is 2.97. The minimum atomic E-state index is 0.894. The Morgan fingerprint density at radius 2 is 2.10 bits per heavy atom. The topological polar surface area (TPSA) is 40.7 Å². The number of anilines is 1. The molecule has 0 radical (unpaired) electrons. The van der Waals surface area contributed by atoms with Crippen molar-refractivity contribution in [1.29, 1.82) is 0 Å². The Bertz CT molecular complexity index is 673. The first-order chi connectivity index (χ1) is 9.85. The van der Waals surface area contributed by atoms with Gasteiger partial charge in [-0.05, 0) is 36.8 Å². The highest BCUT2D eigenvalue weighted by atomic mass is 32.2. The van der Waals surface area contributed by atoms with Crippen LogP contribution in [0.5, 0.6) is 0 Å². The number of para-hydroxylation sites is 1.